The Morgan fingerprint density at radius 3 is 1.94 bits per heavy atom. The minimum Gasteiger partial charge on any atom is -1.00 e. The summed E-state index contributed by atoms with van der Waals surface area (Å²) in [5, 5.41) is 0. The Labute approximate surface area is 121 Å². The van der Waals surface area contributed by atoms with Crippen molar-refractivity contribution in [3.05, 3.63) is 21.6 Å². The standard InChI is InChI=1S/C6H7.2C2H5NO.2ClH.Ti/c1-6-4-2-3-5-6;2*1-2(3)4;;;/h2,4H,3H2,1H3;2*1H3,(H2,3,4);2*1H;/q;;;;;+4/p-4. The molecule has 0 saturated carbocycles. The molecule has 0 saturated heterocycles. The first kappa shape index (κ1) is 19.1. The van der Waals surface area contributed by atoms with Crippen LogP contribution in [0.25, 0.3) is 0 Å². The number of nitrogens with one attached hydrogen (secondary N) is 2. The SMILES string of the molecule is CC(=O)[NH][Ti+2]([NH]C(C)=O)[C]1=C(C)C=CC1.[Cl-].[Cl-]. The maximum absolute atomic E-state index is 11.0. The Morgan fingerprint density at radius 1 is 1.18 bits per heavy atom. The predicted octanol–water partition coefficient (Wildman–Crippen LogP) is -5.05. The van der Waals surface area contributed by atoms with E-state index in [2.05, 4.69) is 13.7 Å². The molecule has 2 N–H and O–H groups in total. The Hall–Kier alpha value is -0.286. The molecule has 0 unspecified atom stereocenters. The van der Waals surface area contributed by atoms with Crippen molar-refractivity contribution >= 4 is 11.8 Å². The van der Waals surface area contributed by atoms with Gasteiger partial charge in [0.1, 0.15) is 0 Å². The average Bonchev–Trinajstić information content (AvgIpc) is 2.48. The van der Waals surface area contributed by atoms with Crippen molar-refractivity contribution in [3.8, 4) is 0 Å². The van der Waals surface area contributed by atoms with Crippen LogP contribution in [0.5, 0.6) is 0 Å². The van der Waals surface area contributed by atoms with E-state index in [1.807, 2.05) is 13.0 Å². The van der Waals surface area contributed by atoms with Gasteiger partial charge in [-0.05, 0) is 0 Å². The summed E-state index contributed by atoms with van der Waals surface area (Å²) in [5.41, 5.74) is 1.17. The zero-order valence-electron chi connectivity index (χ0n) is 9.93. The van der Waals surface area contributed by atoms with Gasteiger partial charge in [-0.3, -0.25) is 0 Å². The van der Waals surface area contributed by atoms with Crippen molar-refractivity contribution in [1.82, 2.24) is 7.60 Å². The van der Waals surface area contributed by atoms with E-state index in [1.54, 1.807) is 0 Å². The quantitative estimate of drug-likeness (QED) is 0.513. The van der Waals surface area contributed by atoms with Crippen LogP contribution in [-0.2, 0) is 28.0 Å². The summed E-state index contributed by atoms with van der Waals surface area (Å²) < 4.78 is 6.97. The molecule has 1 aliphatic carbocycles. The van der Waals surface area contributed by atoms with E-state index < -0.39 is 18.4 Å². The van der Waals surface area contributed by atoms with Gasteiger partial charge >= 0.3 is 96.2 Å². The van der Waals surface area contributed by atoms with Crippen molar-refractivity contribution < 1.29 is 52.8 Å². The number of hydrogen-bond acceptors (Lipinski definition) is 2. The molecule has 2 amide bonds. The molecule has 1 aliphatic rings. The molecule has 1 rings (SSSR count). The van der Waals surface area contributed by atoms with Gasteiger partial charge in [0.15, 0.2) is 0 Å². The average molecular weight is 314 g/mol. The van der Waals surface area contributed by atoms with Gasteiger partial charge in [0.2, 0.25) is 0 Å². The monoisotopic (exact) mass is 313 g/mol. The second kappa shape index (κ2) is 8.75. The molecule has 4 nitrogen and oxygen atoms in total. The van der Waals surface area contributed by atoms with E-state index in [0.29, 0.717) is 0 Å². The van der Waals surface area contributed by atoms with Gasteiger partial charge in [-0.25, -0.2) is 0 Å². The molecule has 0 aromatic rings. The summed E-state index contributed by atoms with van der Waals surface area (Å²) in [5.74, 6) is -0.156. The Morgan fingerprint density at radius 2 is 1.65 bits per heavy atom. The number of halogens is 2. The molecule has 0 aromatic heterocycles. The first-order chi connectivity index (χ1) is 7.00. The second-order valence-corrected chi connectivity index (χ2v) is 6.40. The van der Waals surface area contributed by atoms with Crippen molar-refractivity contribution in [2.75, 3.05) is 0 Å². The molecular formula is C10H15Cl2N2O2Ti. The number of carbonyl (C=O) groups excluding carboxylic acids is 2. The molecular weight excluding hydrogens is 299 g/mol. The normalized spacial score (nSPS) is 12.4. The van der Waals surface area contributed by atoms with Crippen LogP contribution in [0.3, 0.4) is 0 Å². The van der Waals surface area contributed by atoms with Gasteiger partial charge in [-0.1, -0.05) is 0 Å². The fourth-order valence-corrected chi connectivity index (χ4v) is 4.37. The van der Waals surface area contributed by atoms with Gasteiger partial charge in [0.25, 0.3) is 0 Å². The maximum atomic E-state index is 11.0. The number of rotatable bonds is 3. The molecule has 0 aromatic carbocycles. The molecule has 95 valence electrons. The van der Waals surface area contributed by atoms with Gasteiger partial charge in [-0.2, -0.15) is 0 Å². The first-order valence-corrected chi connectivity index (χ1v) is 7.13. The van der Waals surface area contributed by atoms with Crippen LogP contribution in [0, 0.1) is 0 Å². The van der Waals surface area contributed by atoms with E-state index in [4.69, 9.17) is 0 Å². The fraction of sp³-hybridized carbons (Fsp3) is 0.400. The van der Waals surface area contributed by atoms with Crippen LogP contribution in [0.4, 0.5) is 0 Å². The van der Waals surface area contributed by atoms with E-state index in [1.165, 1.54) is 23.3 Å². The molecule has 0 fully saturated rings. The first-order valence-electron chi connectivity index (χ1n) is 4.79. The fourth-order valence-electron chi connectivity index (χ4n) is 1.45. The number of amides is 2. The minimum absolute atomic E-state index is 0. The minimum atomic E-state index is -2.13. The summed E-state index contributed by atoms with van der Waals surface area (Å²) in [7, 11) is 0. The van der Waals surface area contributed by atoms with E-state index >= 15 is 0 Å². The van der Waals surface area contributed by atoms with E-state index in [0.717, 1.165) is 6.42 Å². The predicted molar refractivity (Wildman–Crippen MR) is 54.1 cm³/mol. The van der Waals surface area contributed by atoms with Gasteiger partial charge in [0.05, 0.1) is 0 Å². The summed E-state index contributed by atoms with van der Waals surface area (Å²) in [4.78, 5) is 22.1. The third-order valence-electron chi connectivity index (χ3n) is 2.07. The molecule has 0 radical (unpaired) electrons. The number of carbonyl (C=O) groups is 2. The summed E-state index contributed by atoms with van der Waals surface area (Å²) in [6.07, 6.45) is 4.94. The largest absolute Gasteiger partial charge is 1.00 e. The van der Waals surface area contributed by atoms with E-state index in [9.17, 15) is 9.59 Å². The summed E-state index contributed by atoms with van der Waals surface area (Å²) in [6.45, 7) is 4.97. The molecule has 0 heterocycles. The van der Waals surface area contributed by atoms with Gasteiger partial charge in [0, 0.05) is 0 Å². The van der Waals surface area contributed by atoms with Crippen LogP contribution < -0.4 is 32.4 Å². The Kier molecular flexibility index (Phi) is 9.82. The molecule has 0 atom stereocenters. The second-order valence-electron chi connectivity index (χ2n) is 3.51. The zero-order valence-corrected chi connectivity index (χ0v) is 13.0. The van der Waals surface area contributed by atoms with Crippen molar-refractivity contribution in [2.45, 2.75) is 27.2 Å². The van der Waals surface area contributed by atoms with Crippen LogP contribution in [-0.4, -0.2) is 11.8 Å². The molecule has 0 spiro atoms. The summed E-state index contributed by atoms with van der Waals surface area (Å²) in [6, 6.07) is 0. The van der Waals surface area contributed by atoms with Crippen LogP contribution in [0.15, 0.2) is 21.6 Å². The molecule has 0 bridgehead atoms. The van der Waals surface area contributed by atoms with Crippen molar-refractivity contribution in [3.63, 3.8) is 0 Å². The topological polar surface area (TPSA) is 58.2 Å². The smallest absolute Gasteiger partial charge is 1.00 e. The van der Waals surface area contributed by atoms with E-state index in [-0.39, 0.29) is 36.6 Å². The Bertz CT molecular complexity index is 340. The third-order valence-corrected chi connectivity index (χ3v) is 5.83. The van der Waals surface area contributed by atoms with Crippen molar-refractivity contribution in [2.24, 2.45) is 0 Å². The number of allylic oxidation sites excluding steroid dienone is 4. The maximum Gasteiger partial charge on any atom is -1.00 e. The Balaban J connectivity index is 0. The molecule has 0 aliphatic heterocycles. The zero-order chi connectivity index (χ0) is 11.4. The van der Waals surface area contributed by atoms with Gasteiger partial charge < -0.3 is 24.8 Å². The van der Waals surface area contributed by atoms with Gasteiger partial charge in [-0.15, -0.1) is 0 Å². The summed E-state index contributed by atoms with van der Waals surface area (Å²) >= 11 is -2.13. The van der Waals surface area contributed by atoms with Crippen LogP contribution in [0.2, 0.25) is 0 Å². The van der Waals surface area contributed by atoms with Crippen LogP contribution in [0.1, 0.15) is 27.2 Å². The van der Waals surface area contributed by atoms with Crippen molar-refractivity contribution in [1.29, 1.82) is 0 Å². The third kappa shape index (κ3) is 6.27. The molecule has 17 heavy (non-hydrogen) atoms. The number of hydrogen-bond donors (Lipinski definition) is 2. The molecule has 7 heteroatoms. The van der Waals surface area contributed by atoms with Crippen LogP contribution >= 0.6 is 0 Å².